The summed E-state index contributed by atoms with van der Waals surface area (Å²) in [6.07, 6.45) is -1.22. The summed E-state index contributed by atoms with van der Waals surface area (Å²) in [6.45, 7) is 2.94. The quantitative estimate of drug-likeness (QED) is 0.648. The Balaban J connectivity index is 2.61. The summed E-state index contributed by atoms with van der Waals surface area (Å²) in [5.74, 6) is -1.71. The Kier molecular flexibility index (Phi) is 5.45. The molecule has 0 fully saturated rings. The largest absolute Gasteiger partial charge is 0.480 e. The summed E-state index contributed by atoms with van der Waals surface area (Å²) in [7, 11) is 0. The van der Waals surface area contributed by atoms with Gasteiger partial charge in [-0.2, -0.15) is 0 Å². The van der Waals surface area contributed by atoms with Gasteiger partial charge in [0.25, 0.3) is 0 Å². The van der Waals surface area contributed by atoms with E-state index in [9.17, 15) is 19.1 Å². The van der Waals surface area contributed by atoms with Crippen molar-refractivity contribution in [3.05, 3.63) is 35.6 Å². The maximum Gasteiger partial charge on any atom is 0.328 e. The first-order valence-corrected chi connectivity index (χ1v) is 6.04. The first kappa shape index (κ1) is 15.9. The Morgan fingerprint density at radius 2 is 1.70 bits per heavy atom. The summed E-state index contributed by atoms with van der Waals surface area (Å²) in [6, 6.07) is 3.01. The van der Waals surface area contributed by atoms with Gasteiger partial charge in [-0.1, -0.05) is 12.1 Å². The highest BCUT2D eigenvalue weighted by Crippen LogP contribution is 2.12. The van der Waals surface area contributed by atoms with E-state index in [4.69, 9.17) is 5.11 Å². The Morgan fingerprint density at radius 1 is 1.15 bits per heavy atom. The van der Waals surface area contributed by atoms with Crippen molar-refractivity contribution in [2.75, 3.05) is 0 Å². The van der Waals surface area contributed by atoms with Gasteiger partial charge in [-0.05, 0) is 31.5 Å². The minimum Gasteiger partial charge on any atom is -0.480 e. The number of aliphatic carboxylic acids is 1. The van der Waals surface area contributed by atoms with E-state index in [1.54, 1.807) is 6.92 Å². The van der Waals surface area contributed by atoms with Crippen molar-refractivity contribution in [2.45, 2.75) is 32.0 Å². The van der Waals surface area contributed by atoms with Crippen LogP contribution in [0.4, 0.5) is 9.18 Å². The van der Waals surface area contributed by atoms with Crippen molar-refractivity contribution in [3.8, 4) is 0 Å². The molecule has 1 aromatic carbocycles. The molecule has 0 heterocycles. The summed E-state index contributed by atoms with van der Waals surface area (Å²) in [4.78, 5) is 22.5. The molecule has 3 unspecified atom stereocenters. The number of amides is 2. The molecule has 7 heteroatoms. The number of nitrogens with one attached hydrogen (secondary N) is 2. The molecule has 0 aromatic heterocycles. The number of carboxylic acids is 1. The number of carbonyl (C=O) groups excluding carboxylic acids is 1. The SMILES string of the molecule is CC(NC(=O)NC(C(=O)O)C(C)O)c1ccc(F)cc1. The van der Waals surface area contributed by atoms with Crippen LogP contribution in [0.5, 0.6) is 0 Å². The molecule has 0 bridgehead atoms. The van der Waals surface area contributed by atoms with E-state index in [-0.39, 0.29) is 5.82 Å². The number of rotatable bonds is 5. The topological polar surface area (TPSA) is 98.7 Å². The molecule has 0 aliphatic rings. The molecule has 0 radical (unpaired) electrons. The fraction of sp³-hybridized carbons (Fsp3) is 0.385. The fourth-order valence-corrected chi connectivity index (χ4v) is 1.60. The van der Waals surface area contributed by atoms with E-state index in [1.165, 1.54) is 31.2 Å². The van der Waals surface area contributed by atoms with Crippen molar-refractivity contribution in [2.24, 2.45) is 0 Å². The molecule has 0 saturated heterocycles. The minimum atomic E-state index is -1.39. The van der Waals surface area contributed by atoms with Gasteiger partial charge in [0.1, 0.15) is 5.82 Å². The lowest BCUT2D eigenvalue weighted by atomic mass is 10.1. The van der Waals surface area contributed by atoms with Gasteiger partial charge >= 0.3 is 12.0 Å². The van der Waals surface area contributed by atoms with Gasteiger partial charge in [0.05, 0.1) is 12.1 Å². The van der Waals surface area contributed by atoms with Crippen LogP contribution in [0.15, 0.2) is 24.3 Å². The minimum absolute atomic E-state index is 0.384. The number of urea groups is 1. The van der Waals surface area contributed by atoms with Crippen LogP contribution < -0.4 is 10.6 Å². The van der Waals surface area contributed by atoms with Crippen LogP contribution in [0.25, 0.3) is 0 Å². The molecular formula is C13H17FN2O4. The van der Waals surface area contributed by atoms with Gasteiger partial charge in [-0.25, -0.2) is 14.0 Å². The summed E-state index contributed by atoms with van der Waals surface area (Å²) < 4.78 is 12.8. The molecule has 0 aliphatic carbocycles. The third-order valence-electron chi connectivity index (χ3n) is 2.75. The molecule has 2 amide bonds. The monoisotopic (exact) mass is 284 g/mol. The second-order valence-corrected chi connectivity index (χ2v) is 4.45. The van der Waals surface area contributed by atoms with Crippen molar-refractivity contribution < 1.29 is 24.2 Å². The number of aliphatic hydroxyl groups excluding tert-OH is 1. The lowest BCUT2D eigenvalue weighted by Crippen LogP contribution is -2.51. The molecule has 6 nitrogen and oxygen atoms in total. The summed E-state index contributed by atoms with van der Waals surface area (Å²) >= 11 is 0. The predicted octanol–water partition coefficient (Wildman–Crippen LogP) is 1.02. The van der Waals surface area contributed by atoms with Crippen LogP contribution in [-0.4, -0.2) is 34.4 Å². The molecule has 110 valence electrons. The van der Waals surface area contributed by atoms with Gasteiger partial charge < -0.3 is 20.8 Å². The van der Waals surface area contributed by atoms with Crippen LogP contribution >= 0.6 is 0 Å². The van der Waals surface area contributed by atoms with Gasteiger partial charge in [-0.3, -0.25) is 0 Å². The van der Waals surface area contributed by atoms with Gasteiger partial charge in [0.2, 0.25) is 0 Å². The second-order valence-electron chi connectivity index (χ2n) is 4.45. The third-order valence-corrected chi connectivity index (χ3v) is 2.75. The van der Waals surface area contributed by atoms with Gasteiger partial charge in [0, 0.05) is 0 Å². The third kappa shape index (κ3) is 4.51. The highest BCUT2D eigenvalue weighted by molar-refractivity contribution is 5.83. The second kappa shape index (κ2) is 6.85. The maximum atomic E-state index is 12.8. The van der Waals surface area contributed by atoms with E-state index in [0.717, 1.165) is 0 Å². The number of benzene rings is 1. The number of carboxylic acid groups (broad SMARTS) is 1. The van der Waals surface area contributed by atoms with E-state index >= 15 is 0 Å². The average Bonchev–Trinajstić information content (AvgIpc) is 2.35. The smallest absolute Gasteiger partial charge is 0.328 e. The molecule has 3 atom stereocenters. The first-order valence-electron chi connectivity index (χ1n) is 6.04. The van der Waals surface area contributed by atoms with Crippen molar-refractivity contribution >= 4 is 12.0 Å². The van der Waals surface area contributed by atoms with Gasteiger partial charge in [-0.15, -0.1) is 0 Å². The molecule has 1 rings (SSSR count). The molecular weight excluding hydrogens is 267 g/mol. The van der Waals surface area contributed by atoms with Gasteiger partial charge in [0.15, 0.2) is 6.04 Å². The molecule has 4 N–H and O–H groups in total. The molecule has 20 heavy (non-hydrogen) atoms. The lowest BCUT2D eigenvalue weighted by Gasteiger charge is -2.20. The maximum absolute atomic E-state index is 12.8. The van der Waals surface area contributed by atoms with Crippen molar-refractivity contribution in [3.63, 3.8) is 0 Å². The molecule has 0 aliphatic heterocycles. The van der Waals surface area contributed by atoms with E-state index in [2.05, 4.69) is 10.6 Å². The average molecular weight is 284 g/mol. The highest BCUT2D eigenvalue weighted by Gasteiger charge is 2.25. The zero-order valence-corrected chi connectivity index (χ0v) is 11.1. The van der Waals surface area contributed by atoms with E-state index < -0.39 is 30.2 Å². The van der Waals surface area contributed by atoms with Crippen LogP contribution in [0, 0.1) is 5.82 Å². The van der Waals surface area contributed by atoms with Crippen LogP contribution in [-0.2, 0) is 4.79 Å². The Bertz CT molecular complexity index is 476. The standard InChI is InChI=1S/C13H17FN2O4/c1-7(9-3-5-10(14)6-4-9)15-13(20)16-11(8(2)17)12(18)19/h3-8,11,17H,1-2H3,(H,18,19)(H2,15,16,20). The molecule has 0 spiro atoms. The Morgan fingerprint density at radius 3 is 2.15 bits per heavy atom. The predicted molar refractivity (Wildman–Crippen MR) is 69.6 cm³/mol. The molecule has 1 aromatic rings. The number of hydrogen-bond acceptors (Lipinski definition) is 3. The van der Waals surface area contributed by atoms with Crippen molar-refractivity contribution in [1.82, 2.24) is 10.6 Å². The van der Waals surface area contributed by atoms with E-state index in [1.807, 2.05) is 0 Å². The Hall–Kier alpha value is -2.15. The van der Waals surface area contributed by atoms with Crippen LogP contribution in [0.3, 0.4) is 0 Å². The zero-order chi connectivity index (χ0) is 15.3. The fourth-order valence-electron chi connectivity index (χ4n) is 1.60. The zero-order valence-electron chi connectivity index (χ0n) is 11.1. The van der Waals surface area contributed by atoms with Crippen LogP contribution in [0.2, 0.25) is 0 Å². The molecule has 0 saturated carbocycles. The Labute approximate surface area is 115 Å². The number of aliphatic hydroxyl groups is 1. The number of carbonyl (C=O) groups is 2. The lowest BCUT2D eigenvalue weighted by molar-refractivity contribution is -0.141. The van der Waals surface area contributed by atoms with Crippen molar-refractivity contribution in [1.29, 1.82) is 0 Å². The van der Waals surface area contributed by atoms with Crippen LogP contribution in [0.1, 0.15) is 25.5 Å². The number of hydrogen-bond donors (Lipinski definition) is 4. The first-order chi connectivity index (χ1) is 9.31. The van der Waals surface area contributed by atoms with E-state index in [0.29, 0.717) is 5.56 Å². The number of halogens is 1. The normalized spacial score (nSPS) is 15.0. The summed E-state index contributed by atoms with van der Waals surface area (Å²) in [5, 5.41) is 22.7. The highest BCUT2D eigenvalue weighted by atomic mass is 19.1. The summed E-state index contributed by atoms with van der Waals surface area (Å²) in [5.41, 5.74) is 0.672.